The fraction of sp³-hybridized carbons (Fsp3) is 0.867. The Morgan fingerprint density at radius 1 is 1.00 bits per heavy atom. The largest absolute Gasteiger partial charge is 0.526 e. The Hall–Kier alpha value is -0.750. The van der Waals surface area contributed by atoms with Crippen molar-refractivity contribution < 1.29 is 23.1 Å². The van der Waals surface area contributed by atoms with Gasteiger partial charge >= 0.3 is 20.0 Å². The van der Waals surface area contributed by atoms with Crippen molar-refractivity contribution >= 4 is 20.0 Å². The van der Waals surface area contributed by atoms with E-state index < -0.39 is 13.4 Å². The molecule has 7 nitrogen and oxygen atoms in total. The Balaban J connectivity index is 1.53. The van der Waals surface area contributed by atoms with E-state index in [1.54, 1.807) is 0 Å². The second kappa shape index (κ2) is 5.12. The number of fused-ring (bicyclic) bond motifs is 1. The zero-order chi connectivity index (χ0) is 16.3. The van der Waals surface area contributed by atoms with E-state index in [1.165, 1.54) is 0 Å². The lowest BCUT2D eigenvalue weighted by molar-refractivity contribution is -0.896. The van der Waals surface area contributed by atoms with Gasteiger partial charge in [-0.15, -0.1) is 10.2 Å². The number of nitrogens with one attached hydrogen (secondary N) is 2. The van der Waals surface area contributed by atoms with Crippen molar-refractivity contribution in [1.82, 2.24) is 10.2 Å². The summed E-state index contributed by atoms with van der Waals surface area (Å²) < 4.78 is 12.3. The third kappa shape index (κ3) is 2.49. The Labute approximate surface area is 137 Å². The third-order valence-electron chi connectivity index (χ3n) is 5.93. The van der Waals surface area contributed by atoms with Gasteiger partial charge in [0.25, 0.3) is 0 Å². The lowest BCUT2D eigenvalue weighted by atomic mass is 9.78. The van der Waals surface area contributed by atoms with Crippen molar-refractivity contribution in [3.05, 3.63) is 0 Å². The number of rotatable bonds is 0. The van der Waals surface area contributed by atoms with Crippen LogP contribution in [0.15, 0.2) is 0 Å². The van der Waals surface area contributed by atoms with E-state index >= 15 is 0 Å². The Bertz CT molecular complexity index is 507. The fourth-order valence-electron chi connectivity index (χ4n) is 4.16. The minimum Gasteiger partial charge on any atom is -0.328 e. The van der Waals surface area contributed by atoms with Crippen LogP contribution in [-0.4, -0.2) is 55.7 Å². The molecular formula is C15H26N3O4P+2. The standard InChI is InChI=1S/C15H26N3O4P/c1-18(2)9-7-15(8-10-18)13(19)21-23(22-14(15)20)16-11-5-3-4-6-12(11)17-23/h11-12,16-17H,3-10H2,1-2H3/q+2. The highest BCUT2D eigenvalue weighted by Gasteiger charge is 2.71. The number of carbonyl (C=O) groups is 2. The van der Waals surface area contributed by atoms with Gasteiger partial charge in [0.2, 0.25) is 0 Å². The average molecular weight is 343 g/mol. The van der Waals surface area contributed by atoms with Gasteiger partial charge in [-0.05, 0) is 12.8 Å². The number of hydrogen-bond acceptors (Lipinski definition) is 6. The first-order valence-corrected chi connectivity index (χ1v) is 10.2. The molecule has 1 aliphatic carbocycles. The monoisotopic (exact) mass is 343 g/mol. The lowest BCUT2D eigenvalue weighted by Crippen LogP contribution is -2.58. The second-order valence-corrected chi connectivity index (χ2v) is 10.0. The van der Waals surface area contributed by atoms with Crippen molar-refractivity contribution in [3.8, 4) is 0 Å². The summed E-state index contributed by atoms with van der Waals surface area (Å²) in [5.74, 6) is -0.777. The maximum atomic E-state index is 12.8. The summed E-state index contributed by atoms with van der Waals surface area (Å²) in [5, 5.41) is 6.63. The first-order valence-electron chi connectivity index (χ1n) is 8.59. The van der Waals surface area contributed by atoms with Crippen LogP contribution < -0.4 is 10.2 Å². The van der Waals surface area contributed by atoms with E-state index in [0.29, 0.717) is 12.8 Å². The van der Waals surface area contributed by atoms with Crippen molar-refractivity contribution in [2.24, 2.45) is 5.41 Å². The molecule has 3 aliphatic heterocycles. The molecule has 8 heteroatoms. The fourth-order valence-corrected chi connectivity index (χ4v) is 6.79. The smallest absolute Gasteiger partial charge is 0.328 e. The van der Waals surface area contributed by atoms with Gasteiger partial charge in [0.05, 0.1) is 39.3 Å². The van der Waals surface area contributed by atoms with E-state index in [2.05, 4.69) is 24.3 Å². The summed E-state index contributed by atoms with van der Waals surface area (Å²) >= 11 is 0. The van der Waals surface area contributed by atoms with E-state index in [-0.39, 0.29) is 24.0 Å². The molecular weight excluding hydrogens is 317 g/mol. The van der Waals surface area contributed by atoms with Crippen LogP contribution in [0.1, 0.15) is 38.5 Å². The van der Waals surface area contributed by atoms with Gasteiger partial charge in [0.1, 0.15) is 0 Å². The quantitative estimate of drug-likeness (QED) is 0.390. The molecule has 3 saturated heterocycles. The molecule has 0 aromatic rings. The Kier molecular flexibility index (Phi) is 3.51. The SMILES string of the molecule is C[N+]1(C)CCC2(CC1)C(=O)O[P+]1(NC3CCCCC3N1)OC2=O. The number of carbonyl (C=O) groups excluding carboxylic acids is 2. The molecule has 2 atom stereocenters. The summed E-state index contributed by atoms with van der Waals surface area (Å²) in [6.45, 7) is 1.56. The van der Waals surface area contributed by atoms with Crippen LogP contribution in [0.3, 0.4) is 0 Å². The minimum absolute atomic E-state index is 0.244. The molecule has 2 unspecified atom stereocenters. The normalized spacial score (nSPS) is 37.3. The van der Waals surface area contributed by atoms with Crippen LogP contribution in [0.25, 0.3) is 0 Å². The number of quaternary nitrogens is 1. The second-order valence-electron chi connectivity index (χ2n) is 8.03. The topological polar surface area (TPSA) is 76.7 Å². The Morgan fingerprint density at radius 3 is 1.96 bits per heavy atom. The van der Waals surface area contributed by atoms with Crippen LogP contribution in [0, 0.1) is 5.41 Å². The van der Waals surface area contributed by atoms with Crippen LogP contribution in [0.4, 0.5) is 0 Å². The van der Waals surface area contributed by atoms with Crippen molar-refractivity contribution in [1.29, 1.82) is 0 Å². The molecule has 4 fully saturated rings. The zero-order valence-corrected chi connectivity index (χ0v) is 14.7. The van der Waals surface area contributed by atoms with Crippen LogP contribution in [0.2, 0.25) is 0 Å². The molecule has 1 saturated carbocycles. The molecule has 3 heterocycles. The third-order valence-corrected chi connectivity index (χ3v) is 8.12. The van der Waals surface area contributed by atoms with E-state index in [4.69, 9.17) is 9.05 Å². The number of hydrogen-bond donors (Lipinski definition) is 2. The van der Waals surface area contributed by atoms with Crippen LogP contribution in [-0.2, 0) is 18.6 Å². The molecule has 2 spiro atoms. The first kappa shape index (κ1) is 15.8. The molecule has 128 valence electrons. The lowest BCUT2D eigenvalue weighted by Gasteiger charge is -2.42. The summed E-state index contributed by atoms with van der Waals surface area (Å²) in [6.07, 6.45) is 5.40. The molecule has 0 radical (unpaired) electrons. The number of piperidine rings is 1. The maximum absolute atomic E-state index is 12.8. The van der Waals surface area contributed by atoms with Gasteiger partial charge in [-0.3, -0.25) is 0 Å². The minimum atomic E-state index is -2.79. The van der Waals surface area contributed by atoms with Crippen LogP contribution >= 0.6 is 8.02 Å². The van der Waals surface area contributed by atoms with Crippen molar-refractivity contribution in [3.63, 3.8) is 0 Å². The van der Waals surface area contributed by atoms with E-state index in [9.17, 15) is 9.59 Å². The molecule has 0 aromatic heterocycles. The first-order chi connectivity index (χ1) is 10.8. The highest BCUT2D eigenvalue weighted by Crippen LogP contribution is 2.64. The van der Waals surface area contributed by atoms with Crippen molar-refractivity contribution in [2.75, 3.05) is 27.2 Å². The molecule has 2 N–H and O–H groups in total. The van der Waals surface area contributed by atoms with Gasteiger partial charge in [0.15, 0.2) is 5.41 Å². The molecule has 23 heavy (non-hydrogen) atoms. The summed E-state index contributed by atoms with van der Waals surface area (Å²) in [4.78, 5) is 25.6. The van der Waals surface area contributed by atoms with Gasteiger partial charge in [-0.2, -0.15) is 0 Å². The summed E-state index contributed by atoms with van der Waals surface area (Å²) in [6, 6.07) is 0.488. The highest BCUT2D eigenvalue weighted by atomic mass is 31.2. The van der Waals surface area contributed by atoms with Gasteiger partial charge < -0.3 is 4.48 Å². The number of likely N-dealkylation sites (tertiary alicyclic amines) is 1. The van der Waals surface area contributed by atoms with Gasteiger partial charge in [-0.1, -0.05) is 12.8 Å². The van der Waals surface area contributed by atoms with Gasteiger partial charge in [-0.25, -0.2) is 18.6 Å². The van der Waals surface area contributed by atoms with E-state index in [1.807, 2.05) is 0 Å². The van der Waals surface area contributed by atoms with E-state index in [0.717, 1.165) is 43.3 Å². The Morgan fingerprint density at radius 2 is 1.48 bits per heavy atom. The molecule has 0 amide bonds. The highest BCUT2D eigenvalue weighted by molar-refractivity contribution is 7.64. The summed E-state index contributed by atoms with van der Waals surface area (Å²) in [7, 11) is 1.45. The maximum Gasteiger partial charge on any atom is 0.526 e. The van der Waals surface area contributed by atoms with Gasteiger partial charge in [0, 0.05) is 12.8 Å². The summed E-state index contributed by atoms with van der Waals surface area (Å²) in [5.41, 5.74) is -1.09. The molecule has 4 aliphatic rings. The molecule has 0 bridgehead atoms. The molecule has 0 aromatic carbocycles. The predicted molar refractivity (Wildman–Crippen MR) is 84.9 cm³/mol. The number of nitrogens with zero attached hydrogens (tertiary/aromatic N) is 1. The van der Waals surface area contributed by atoms with Crippen LogP contribution in [0.5, 0.6) is 0 Å². The zero-order valence-electron chi connectivity index (χ0n) is 13.8. The average Bonchev–Trinajstić information content (AvgIpc) is 2.83. The molecule has 4 rings (SSSR count). The predicted octanol–water partition coefficient (Wildman–Crippen LogP) is 1.12. The van der Waals surface area contributed by atoms with Crippen molar-refractivity contribution in [2.45, 2.75) is 50.6 Å².